The topological polar surface area (TPSA) is 85.2 Å². The van der Waals surface area contributed by atoms with Crippen LogP contribution in [-0.4, -0.2) is 22.4 Å². The summed E-state index contributed by atoms with van der Waals surface area (Å²) in [7, 11) is 0. The fourth-order valence-electron chi connectivity index (χ4n) is 1.55. The number of fused-ring (bicyclic) bond motifs is 1. The summed E-state index contributed by atoms with van der Waals surface area (Å²) in [6, 6.07) is 5.62. The molecule has 0 aliphatic heterocycles. The number of esters is 1. The highest BCUT2D eigenvalue weighted by molar-refractivity contribution is 5.89. The van der Waals surface area contributed by atoms with Crippen LogP contribution >= 0.6 is 0 Å². The molecule has 0 radical (unpaired) electrons. The molecule has 0 amide bonds. The molecule has 1 N–H and O–H groups in total. The Bertz CT molecular complexity index is 588. The minimum atomic E-state index is -0.877. The number of rotatable bonds is 3. The van der Waals surface area contributed by atoms with Crippen molar-refractivity contribution in [2.75, 3.05) is 6.54 Å². The third kappa shape index (κ3) is 2.41. The van der Waals surface area contributed by atoms with Gasteiger partial charge in [0.2, 0.25) is 0 Å². The quantitative estimate of drug-likeness (QED) is 0.497. The molecule has 1 heterocycles. The highest BCUT2D eigenvalue weighted by Crippen LogP contribution is 2.26. The van der Waals surface area contributed by atoms with Gasteiger partial charge in [0.25, 0.3) is 6.54 Å². The number of aromatic amines is 1. The Kier molecular flexibility index (Phi) is 2.78. The highest BCUT2D eigenvalue weighted by atomic mass is 16.6. The van der Waals surface area contributed by atoms with E-state index in [1.807, 2.05) is 25.1 Å². The molecule has 6 heteroatoms. The molecule has 0 spiro atoms. The SMILES string of the molecule is Cc1ccc2[nH]cc(OC(=O)C[N+](=O)[O-])c2c1. The number of hydrogen-bond donors (Lipinski definition) is 1. The summed E-state index contributed by atoms with van der Waals surface area (Å²) in [5.41, 5.74) is 1.84. The van der Waals surface area contributed by atoms with Crippen LogP contribution in [0.15, 0.2) is 24.4 Å². The number of hydrogen-bond acceptors (Lipinski definition) is 4. The third-order valence-corrected chi connectivity index (χ3v) is 2.28. The second-order valence-corrected chi connectivity index (χ2v) is 3.67. The number of ether oxygens (including phenoxy) is 1. The number of benzene rings is 1. The number of H-pyrrole nitrogens is 1. The van der Waals surface area contributed by atoms with Gasteiger partial charge in [0.15, 0.2) is 5.75 Å². The fraction of sp³-hybridized carbons (Fsp3) is 0.182. The minimum Gasteiger partial charge on any atom is -0.419 e. The van der Waals surface area contributed by atoms with Crippen LogP contribution in [0.4, 0.5) is 0 Å². The van der Waals surface area contributed by atoms with Crippen molar-refractivity contribution in [3.8, 4) is 5.75 Å². The highest BCUT2D eigenvalue weighted by Gasteiger charge is 2.14. The summed E-state index contributed by atoms with van der Waals surface area (Å²) in [5.74, 6) is -0.562. The van der Waals surface area contributed by atoms with E-state index in [4.69, 9.17) is 4.74 Å². The van der Waals surface area contributed by atoms with Crippen LogP contribution in [0.5, 0.6) is 5.75 Å². The molecule has 88 valence electrons. The zero-order valence-corrected chi connectivity index (χ0v) is 9.10. The standard InChI is InChI=1S/C11H10N2O4/c1-7-2-3-9-8(4-7)10(5-12-9)17-11(14)6-13(15)16/h2-5,12H,6H2,1H3. The van der Waals surface area contributed by atoms with E-state index in [9.17, 15) is 14.9 Å². The maximum atomic E-state index is 11.2. The maximum absolute atomic E-state index is 11.2. The number of nitrogens with one attached hydrogen (secondary N) is 1. The molecule has 0 saturated heterocycles. The first-order valence-electron chi connectivity index (χ1n) is 4.96. The van der Waals surface area contributed by atoms with Crippen molar-refractivity contribution in [1.82, 2.24) is 4.98 Å². The molecule has 6 nitrogen and oxygen atoms in total. The van der Waals surface area contributed by atoms with E-state index in [1.54, 1.807) is 0 Å². The van der Waals surface area contributed by atoms with E-state index in [-0.39, 0.29) is 0 Å². The summed E-state index contributed by atoms with van der Waals surface area (Å²) < 4.78 is 4.92. The first kappa shape index (κ1) is 11.1. The van der Waals surface area contributed by atoms with Gasteiger partial charge < -0.3 is 9.72 Å². The first-order valence-corrected chi connectivity index (χ1v) is 4.96. The van der Waals surface area contributed by atoms with Crippen molar-refractivity contribution >= 4 is 16.9 Å². The van der Waals surface area contributed by atoms with Crippen LogP contribution in [0.25, 0.3) is 10.9 Å². The lowest BCUT2D eigenvalue weighted by atomic mass is 10.2. The number of carbonyl (C=O) groups excluding carboxylic acids is 1. The molecule has 2 aromatic rings. The lowest BCUT2D eigenvalue weighted by molar-refractivity contribution is -0.469. The van der Waals surface area contributed by atoms with Gasteiger partial charge in [-0.15, -0.1) is 0 Å². The summed E-state index contributed by atoms with van der Waals surface area (Å²) in [6.07, 6.45) is 1.52. The van der Waals surface area contributed by atoms with E-state index in [2.05, 4.69) is 4.98 Å². The predicted octanol–water partition coefficient (Wildman–Crippen LogP) is 1.66. The van der Waals surface area contributed by atoms with Crippen molar-refractivity contribution in [1.29, 1.82) is 0 Å². The normalized spacial score (nSPS) is 10.4. The number of nitro groups is 1. The van der Waals surface area contributed by atoms with Gasteiger partial charge >= 0.3 is 5.97 Å². The average molecular weight is 234 g/mol. The van der Waals surface area contributed by atoms with Crippen molar-refractivity contribution in [2.45, 2.75) is 6.92 Å². The molecule has 0 bridgehead atoms. The largest absolute Gasteiger partial charge is 0.419 e. The molecular weight excluding hydrogens is 224 g/mol. The smallest absolute Gasteiger partial charge is 0.383 e. The van der Waals surface area contributed by atoms with Gasteiger partial charge in [-0.05, 0) is 19.1 Å². The van der Waals surface area contributed by atoms with Crippen LogP contribution < -0.4 is 4.74 Å². The predicted molar refractivity (Wildman–Crippen MR) is 60.5 cm³/mol. The Morgan fingerprint density at radius 1 is 1.53 bits per heavy atom. The van der Waals surface area contributed by atoms with Gasteiger partial charge in [-0.2, -0.15) is 0 Å². The molecule has 0 aliphatic carbocycles. The van der Waals surface area contributed by atoms with Crippen molar-refractivity contribution in [2.24, 2.45) is 0 Å². The van der Waals surface area contributed by atoms with E-state index in [0.29, 0.717) is 5.75 Å². The zero-order valence-electron chi connectivity index (χ0n) is 9.10. The van der Waals surface area contributed by atoms with Gasteiger partial charge in [0, 0.05) is 22.0 Å². The Labute approximate surface area is 96.3 Å². The summed E-state index contributed by atoms with van der Waals surface area (Å²) in [4.78, 5) is 23.5. The lowest BCUT2D eigenvalue weighted by Gasteiger charge is -1.99. The number of aromatic nitrogens is 1. The van der Waals surface area contributed by atoms with E-state index in [1.165, 1.54) is 6.20 Å². The van der Waals surface area contributed by atoms with Crippen LogP contribution in [-0.2, 0) is 4.79 Å². The van der Waals surface area contributed by atoms with Crippen molar-refractivity contribution in [3.63, 3.8) is 0 Å². The fourth-order valence-corrected chi connectivity index (χ4v) is 1.55. The second kappa shape index (κ2) is 4.25. The summed E-state index contributed by atoms with van der Waals surface area (Å²) in [6.45, 7) is 1.08. The van der Waals surface area contributed by atoms with Crippen LogP contribution in [0.2, 0.25) is 0 Å². The van der Waals surface area contributed by atoms with Gasteiger partial charge in [0.05, 0.1) is 0 Å². The number of nitrogens with zero attached hydrogens (tertiary/aromatic N) is 1. The van der Waals surface area contributed by atoms with Crippen LogP contribution in [0.1, 0.15) is 5.56 Å². The third-order valence-electron chi connectivity index (χ3n) is 2.28. The lowest BCUT2D eigenvalue weighted by Crippen LogP contribution is -2.19. The Balaban J connectivity index is 2.27. The Morgan fingerprint density at radius 2 is 2.29 bits per heavy atom. The van der Waals surface area contributed by atoms with Crippen molar-refractivity contribution < 1.29 is 14.5 Å². The summed E-state index contributed by atoms with van der Waals surface area (Å²) in [5, 5.41) is 10.9. The first-order chi connectivity index (χ1) is 8.06. The number of aryl methyl sites for hydroxylation is 1. The number of carbonyl (C=O) groups is 1. The molecule has 0 saturated carbocycles. The Morgan fingerprint density at radius 3 is 3.00 bits per heavy atom. The zero-order chi connectivity index (χ0) is 12.4. The molecule has 1 aromatic carbocycles. The van der Waals surface area contributed by atoms with Gasteiger partial charge in [0.1, 0.15) is 0 Å². The average Bonchev–Trinajstić information content (AvgIpc) is 2.60. The molecule has 0 atom stereocenters. The molecular formula is C11H10N2O4. The Hall–Kier alpha value is -2.37. The second-order valence-electron chi connectivity index (χ2n) is 3.67. The van der Waals surface area contributed by atoms with E-state index in [0.717, 1.165) is 16.5 Å². The molecule has 0 fully saturated rings. The minimum absolute atomic E-state index is 0.315. The van der Waals surface area contributed by atoms with E-state index >= 15 is 0 Å². The van der Waals surface area contributed by atoms with Gasteiger partial charge in [-0.1, -0.05) is 11.6 Å². The maximum Gasteiger partial charge on any atom is 0.383 e. The van der Waals surface area contributed by atoms with E-state index < -0.39 is 17.4 Å². The molecule has 17 heavy (non-hydrogen) atoms. The van der Waals surface area contributed by atoms with Crippen LogP contribution in [0, 0.1) is 17.0 Å². The molecule has 0 unspecified atom stereocenters. The molecule has 1 aromatic heterocycles. The van der Waals surface area contributed by atoms with Gasteiger partial charge in [-0.25, -0.2) is 4.79 Å². The van der Waals surface area contributed by atoms with Gasteiger partial charge in [-0.3, -0.25) is 10.1 Å². The molecule has 2 rings (SSSR count). The molecule has 0 aliphatic rings. The summed E-state index contributed by atoms with van der Waals surface area (Å²) >= 11 is 0. The van der Waals surface area contributed by atoms with Crippen molar-refractivity contribution in [3.05, 3.63) is 40.1 Å². The van der Waals surface area contributed by atoms with Crippen LogP contribution in [0.3, 0.4) is 0 Å². The monoisotopic (exact) mass is 234 g/mol.